The van der Waals surface area contributed by atoms with Crippen LogP contribution in [0.15, 0.2) is 27.3 Å². The van der Waals surface area contributed by atoms with Gasteiger partial charge in [0.05, 0.1) is 4.47 Å². The quantitative estimate of drug-likeness (QED) is 0.925. The fourth-order valence-corrected chi connectivity index (χ4v) is 1.54. The van der Waals surface area contributed by atoms with E-state index in [1.54, 1.807) is 6.92 Å². The summed E-state index contributed by atoms with van der Waals surface area (Å²) in [7, 11) is 0. The molecule has 5 nitrogen and oxygen atoms in total. The smallest absolute Gasteiger partial charge is 0.256 e. The van der Waals surface area contributed by atoms with Crippen LogP contribution in [0.4, 0.5) is 10.2 Å². The molecule has 0 saturated heterocycles. The molecule has 2 rings (SSSR count). The van der Waals surface area contributed by atoms with E-state index < -0.39 is 11.7 Å². The van der Waals surface area contributed by atoms with Crippen LogP contribution in [0, 0.1) is 12.7 Å². The molecule has 0 aliphatic rings. The SMILES string of the molecule is Cc1nonc1NC(=O)c1ccc(F)c(Br)c1. The van der Waals surface area contributed by atoms with Crippen molar-refractivity contribution in [3.63, 3.8) is 0 Å². The lowest BCUT2D eigenvalue weighted by Gasteiger charge is -2.02. The number of aryl methyl sites for hydroxylation is 1. The molecule has 0 spiro atoms. The summed E-state index contributed by atoms with van der Waals surface area (Å²) < 4.78 is 17.7. The first-order chi connectivity index (χ1) is 8.08. The molecule has 1 aromatic carbocycles. The van der Waals surface area contributed by atoms with Gasteiger partial charge in [-0.1, -0.05) is 5.16 Å². The maximum absolute atomic E-state index is 13.0. The normalized spacial score (nSPS) is 10.3. The lowest BCUT2D eigenvalue weighted by Crippen LogP contribution is -2.13. The molecular formula is C10H7BrFN3O2. The zero-order valence-corrected chi connectivity index (χ0v) is 10.3. The molecule has 0 unspecified atom stereocenters. The van der Waals surface area contributed by atoms with Gasteiger partial charge in [-0.2, -0.15) is 0 Å². The van der Waals surface area contributed by atoms with E-state index in [0.29, 0.717) is 11.3 Å². The molecule has 0 aliphatic carbocycles. The van der Waals surface area contributed by atoms with Gasteiger partial charge in [0.15, 0.2) is 0 Å². The highest BCUT2D eigenvalue weighted by molar-refractivity contribution is 9.10. The minimum atomic E-state index is -0.430. The number of carbonyl (C=O) groups is 1. The molecule has 1 N–H and O–H groups in total. The van der Waals surface area contributed by atoms with Gasteiger partial charge in [-0.15, -0.1) is 0 Å². The van der Waals surface area contributed by atoms with Crippen LogP contribution in [-0.2, 0) is 0 Å². The van der Waals surface area contributed by atoms with Gasteiger partial charge in [-0.3, -0.25) is 4.79 Å². The van der Waals surface area contributed by atoms with Crippen molar-refractivity contribution in [1.29, 1.82) is 0 Å². The lowest BCUT2D eigenvalue weighted by molar-refractivity contribution is 0.102. The summed E-state index contributed by atoms with van der Waals surface area (Å²) in [5, 5.41) is 9.55. The van der Waals surface area contributed by atoms with Crippen LogP contribution in [0.25, 0.3) is 0 Å². The Balaban J connectivity index is 2.20. The summed E-state index contributed by atoms with van der Waals surface area (Å²) in [5.41, 5.74) is 0.778. The summed E-state index contributed by atoms with van der Waals surface area (Å²) in [6.07, 6.45) is 0. The Morgan fingerprint density at radius 3 is 2.82 bits per heavy atom. The van der Waals surface area contributed by atoms with E-state index in [9.17, 15) is 9.18 Å². The van der Waals surface area contributed by atoms with E-state index in [1.165, 1.54) is 18.2 Å². The van der Waals surface area contributed by atoms with Crippen LogP contribution < -0.4 is 5.32 Å². The second-order valence-corrected chi connectivity index (χ2v) is 4.14. The highest BCUT2D eigenvalue weighted by atomic mass is 79.9. The van der Waals surface area contributed by atoms with Crippen LogP contribution in [0.1, 0.15) is 16.1 Å². The van der Waals surface area contributed by atoms with E-state index >= 15 is 0 Å². The van der Waals surface area contributed by atoms with Crippen molar-refractivity contribution in [2.24, 2.45) is 0 Å². The maximum Gasteiger partial charge on any atom is 0.256 e. The van der Waals surface area contributed by atoms with Crippen LogP contribution in [0.3, 0.4) is 0 Å². The Kier molecular flexibility index (Phi) is 3.19. The number of nitrogens with one attached hydrogen (secondary N) is 1. The van der Waals surface area contributed by atoms with Gasteiger partial charge in [0.25, 0.3) is 5.91 Å². The molecule has 0 aliphatic heterocycles. The van der Waals surface area contributed by atoms with Crippen molar-refractivity contribution in [3.05, 3.63) is 39.7 Å². The monoisotopic (exact) mass is 299 g/mol. The Morgan fingerprint density at radius 1 is 1.47 bits per heavy atom. The summed E-state index contributed by atoms with van der Waals surface area (Å²) in [6.45, 7) is 1.65. The van der Waals surface area contributed by atoms with E-state index in [-0.39, 0.29) is 10.3 Å². The highest BCUT2D eigenvalue weighted by Gasteiger charge is 2.12. The average molecular weight is 300 g/mol. The average Bonchev–Trinajstić information content (AvgIpc) is 2.68. The van der Waals surface area contributed by atoms with Crippen LogP contribution >= 0.6 is 15.9 Å². The van der Waals surface area contributed by atoms with E-state index in [2.05, 4.69) is 36.2 Å². The molecule has 0 saturated carbocycles. The van der Waals surface area contributed by atoms with Gasteiger partial charge in [-0.25, -0.2) is 9.02 Å². The van der Waals surface area contributed by atoms with E-state index in [0.717, 1.165) is 0 Å². The van der Waals surface area contributed by atoms with Crippen molar-refractivity contribution >= 4 is 27.7 Å². The number of amides is 1. The molecule has 0 atom stereocenters. The van der Waals surface area contributed by atoms with Gasteiger partial charge in [-0.05, 0) is 46.2 Å². The maximum atomic E-state index is 13.0. The minimum Gasteiger partial charge on any atom is -0.302 e. The van der Waals surface area contributed by atoms with Gasteiger partial charge >= 0.3 is 0 Å². The summed E-state index contributed by atoms with van der Waals surface area (Å²) in [5.74, 6) is -0.596. The fourth-order valence-electron chi connectivity index (χ4n) is 1.16. The molecular weight excluding hydrogens is 293 g/mol. The number of aromatic nitrogens is 2. The topological polar surface area (TPSA) is 68.0 Å². The first-order valence-corrected chi connectivity index (χ1v) is 5.43. The van der Waals surface area contributed by atoms with Gasteiger partial charge in [0.2, 0.25) is 5.82 Å². The molecule has 7 heteroatoms. The second kappa shape index (κ2) is 4.62. The summed E-state index contributed by atoms with van der Waals surface area (Å²) in [6, 6.07) is 3.96. The minimum absolute atomic E-state index is 0.222. The van der Waals surface area contributed by atoms with Crippen molar-refractivity contribution in [1.82, 2.24) is 10.3 Å². The Bertz CT molecular complexity index is 570. The van der Waals surface area contributed by atoms with Crippen molar-refractivity contribution in [2.75, 3.05) is 5.32 Å². The Labute approximate surface area is 104 Å². The van der Waals surface area contributed by atoms with Gasteiger partial charge < -0.3 is 5.32 Å². The molecule has 0 radical (unpaired) electrons. The number of nitrogens with zero attached hydrogens (tertiary/aromatic N) is 2. The predicted octanol–water partition coefficient (Wildman–Crippen LogP) is 2.53. The largest absolute Gasteiger partial charge is 0.302 e. The number of anilines is 1. The van der Waals surface area contributed by atoms with E-state index in [4.69, 9.17) is 0 Å². The lowest BCUT2D eigenvalue weighted by atomic mass is 10.2. The van der Waals surface area contributed by atoms with Gasteiger partial charge in [0, 0.05) is 5.56 Å². The van der Waals surface area contributed by atoms with E-state index in [1.807, 2.05) is 0 Å². The number of hydrogen-bond donors (Lipinski definition) is 1. The number of halogens is 2. The van der Waals surface area contributed by atoms with Gasteiger partial charge in [0.1, 0.15) is 11.5 Å². The first-order valence-electron chi connectivity index (χ1n) is 4.63. The van der Waals surface area contributed by atoms with Crippen molar-refractivity contribution in [3.8, 4) is 0 Å². The van der Waals surface area contributed by atoms with Crippen LogP contribution in [0.5, 0.6) is 0 Å². The van der Waals surface area contributed by atoms with Crippen LogP contribution in [0.2, 0.25) is 0 Å². The first kappa shape index (κ1) is 11.7. The molecule has 0 fully saturated rings. The molecule has 88 valence electrons. The highest BCUT2D eigenvalue weighted by Crippen LogP contribution is 2.18. The molecule has 1 heterocycles. The zero-order chi connectivity index (χ0) is 12.4. The standard InChI is InChI=1S/C10H7BrFN3O2/c1-5-9(15-17-14-5)13-10(16)6-2-3-8(12)7(11)4-6/h2-4H,1H3,(H,13,15,16). The number of benzene rings is 1. The fraction of sp³-hybridized carbons (Fsp3) is 0.100. The molecule has 2 aromatic rings. The predicted molar refractivity (Wildman–Crippen MR) is 61.1 cm³/mol. The third-order valence-corrected chi connectivity index (χ3v) is 2.67. The van der Waals surface area contributed by atoms with Crippen molar-refractivity contribution in [2.45, 2.75) is 6.92 Å². The number of rotatable bonds is 2. The third kappa shape index (κ3) is 2.50. The van der Waals surface area contributed by atoms with Crippen molar-refractivity contribution < 1.29 is 13.8 Å². The zero-order valence-electron chi connectivity index (χ0n) is 8.70. The molecule has 1 amide bonds. The number of hydrogen-bond acceptors (Lipinski definition) is 4. The summed E-state index contributed by atoms with van der Waals surface area (Å²) >= 11 is 3.01. The summed E-state index contributed by atoms with van der Waals surface area (Å²) in [4.78, 5) is 11.8. The third-order valence-electron chi connectivity index (χ3n) is 2.07. The molecule has 0 bridgehead atoms. The van der Waals surface area contributed by atoms with Crippen LogP contribution in [-0.4, -0.2) is 16.2 Å². The number of carbonyl (C=O) groups excluding carboxylic acids is 1. The molecule has 1 aromatic heterocycles. The second-order valence-electron chi connectivity index (χ2n) is 3.28. The Morgan fingerprint density at radius 2 is 2.24 bits per heavy atom. The molecule has 17 heavy (non-hydrogen) atoms. The Hall–Kier alpha value is -1.76.